The van der Waals surface area contributed by atoms with Gasteiger partial charge in [0, 0.05) is 17.0 Å². The molecule has 4 heteroatoms. The van der Waals surface area contributed by atoms with Crippen LogP contribution in [0.4, 0.5) is 0 Å². The fourth-order valence-corrected chi connectivity index (χ4v) is 3.43. The topological polar surface area (TPSA) is 35.5 Å². The number of ketones is 1. The van der Waals surface area contributed by atoms with Gasteiger partial charge in [0.15, 0.2) is 5.78 Å². The smallest absolute Gasteiger partial charge is 0.189 e. The van der Waals surface area contributed by atoms with E-state index in [0.29, 0.717) is 23.4 Å². The predicted octanol–water partition coefficient (Wildman–Crippen LogP) is 6.02. The number of halogens is 1. The van der Waals surface area contributed by atoms with Gasteiger partial charge in [-0.15, -0.1) is 11.6 Å². The molecule has 0 aromatic heterocycles. The number of hydrogen-bond donors (Lipinski definition) is 0. The van der Waals surface area contributed by atoms with Gasteiger partial charge in [0.05, 0.1) is 14.2 Å². The molecule has 0 amide bonds. The lowest BCUT2D eigenvalue weighted by atomic mass is 9.88. The number of hydrogen-bond acceptors (Lipinski definition) is 3. The third-order valence-electron chi connectivity index (χ3n) is 4.71. The van der Waals surface area contributed by atoms with Gasteiger partial charge >= 0.3 is 0 Å². The monoisotopic (exact) mass is 406 g/mol. The number of rotatable bonds is 8. The summed E-state index contributed by atoms with van der Waals surface area (Å²) in [5.74, 6) is 1.85. The quantitative estimate of drug-likeness (QED) is 0.261. The number of carbonyl (C=O) groups is 1. The number of Topliss-reactive ketones (excluding diaryl/α,β-unsaturated/α-hetero) is 1. The van der Waals surface area contributed by atoms with Gasteiger partial charge in [0.25, 0.3) is 0 Å². The minimum atomic E-state index is -0.0205. The molecule has 0 heterocycles. The Kier molecular flexibility index (Phi) is 7.09. The average molecular weight is 407 g/mol. The van der Waals surface area contributed by atoms with Crippen LogP contribution in [0.3, 0.4) is 0 Å². The van der Waals surface area contributed by atoms with E-state index in [9.17, 15) is 4.79 Å². The van der Waals surface area contributed by atoms with E-state index in [2.05, 4.69) is 0 Å². The highest BCUT2D eigenvalue weighted by atomic mass is 35.5. The summed E-state index contributed by atoms with van der Waals surface area (Å²) in [6.07, 6.45) is 0.461. The molecule has 29 heavy (non-hydrogen) atoms. The number of alkyl halides is 1. The van der Waals surface area contributed by atoms with Crippen molar-refractivity contribution in [2.45, 2.75) is 6.42 Å². The fraction of sp³-hybridized carbons (Fsp3) is 0.160. The molecule has 0 radical (unpaired) electrons. The minimum Gasteiger partial charge on any atom is -0.497 e. The van der Waals surface area contributed by atoms with E-state index >= 15 is 0 Å². The van der Waals surface area contributed by atoms with Crippen LogP contribution in [-0.2, 0) is 0 Å². The van der Waals surface area contributed by atoms with Crippen LogP contribution in [0, 0.1) is 0 Å². The number of methoxy groups -OCH3 is 2. The van der Waals surface area contributed by atoms with E-state index in [1.165, 1.54) is 0 Å². The maximum atomic E-state index is 13.4. The molecule has 0 N–H and O–H groups in total. The summed E-state index contributed by atoms with van der Waals surface area (Å²) in [7, 11) is 3.26. The molecule has 0 fully saturated rings. The summed E-state index contributed by atoms with van der Waals surface area (Å²) < 4.78 is 10.6. The van der Waals surface area contributed by atoms with Crippen molar-refractivity contribution in [2.75, 3.05) is 20.1 Å². The number of carbonyl (C=O) groups excluding carboxylic acids is 1. The number of benzene rings is 3. The van der Waals surface area contributed by atoms with Gasteiger partial charge < -0.3 is 9.47 Å². The van der Waals surface area contributed by atoms with Crippen molar-refractivity contribution in [1.29, 1.82) is 0 Å². The summed E-state index contributed by atoms with van der Waals surface area (Å²) in [4.78, 5) is 13.4. The van der Waals surface area contributed by atoms with Crippen LogP contribution in [0.25, 0.3) is 5.57 Å². The molecule has 3 aromatic carbocycles. The van der Waals surface area contributed by atoms with E-state index in [1.54, 1.807) is 14.2 Å². The fourth-order valence-electron chi connectivity index (χ4n) is 3.24. The van der Waals surface area contributed by atoms with Gasteiger partial charge in [-0.05, 0) is 47.4 Å². The molecule has 3 nitrogen and oxygen atoms in total. The van der Waals surface area contributed by atoms with Crippen LogP contribution in [0.1, 0.15) is 27.9 Å². The summed E-state index contributed by atoms with van der Waals surface area (Å²) >= 11 is 6.12. The minimum absolute atomic E-state index is 0.0205. The van der Waals surface area contributed by atoms with Crippen molar-refractivity contribution in [2.24, 2.45) is 0 Å². The Hall–Kier alpha value is -3.04. The lowest BCUT2D eigenvalue weighted by Crippen LogP contribution is -2.08. The van der Waals surface area contributed by atoms with Crippen molar-refractivity contribution in [3.8, 4) is 11.5 Å². The SMILES string of the molecule is COc1ccc(C(=C(CCCl)C(=O)c2ccccc2)c2ccc(OC)cc2)cc1. The average Bonchev–Trinajstić information content (AvgIpc) is 2.79. The van der Waals surface area contributed by atoms with Crippen molar-refractivity contribution in [3.63, 3.8) is 0 Å². The highest BCUT2D eigenvalue weighted by molar-refractivity contribution is 6.20. The Morgan fingerprint density at radius 2 is 1.21 bits per heavy atom. The maximum Gasteiger partial charge on any atom is 0.189 e. The highest BCUT2D eigenvalue weighted by Crippen LogP contribution is 2.32. The van der Waals surface area contributed by atoms with E-state index in [0.717, 1.165) is 28.2 Å². The molecule has 0 aliphatic rings. The zero-order valence-electron chi connectivity index (χ0n) is 16.5. The van der Waals surface area contributed by atoms with Crippen molar-refractivity contribution < 1.29 is 14.3 Å². The van der Waals surface area contributed by atoms with Crippen LogP contribution in [0.15, 0.2) is 84.4 Å². The van der Waals surface area contributed by atoms with E-state index in [4.69, 9.17) is 21.1 Å². The first kappa shape index (κ1) is 20.7. The van der Waals surface area contributed by atoms with Crippen LogP contribution >= 0.6 is 11.6 Å². The molecule has 3 rings (SSSR count). The Labute approximate surface area is 176 Å². The Morgan fingerprint density at radius 1 is 0.724 bits per heavy atom. The van der Waals surface area contributed by atoms with E-state index < -0.39 is 0 Å². The van der Waals surface area contributed by atoms with E-state index in [1.807, 2.05) is 78.9 Å². The lowest BCUT2D eigenvalue weighted by molar-refractivity contribution is 0.103. The van der Waals surface area contributed by atoms with Crippen LogP contribution < -0.4 is 9.47 Å². The highest BCUT2D eigenvalue weighted by Gasteiger charge is 2.20. The second kappa shape index (κ2) is 9.94. The van der Waals surface area contributed by atoms with Crippen LogP contribution in [-0.4, -0.2) is 25.9 Å². The van der Waals surface area contributed by atoms with E-state index in [-0.39, 0.29) is 5.78 Å². The third kappa shape index (κ3) is 4.87. The van der Waals surface area contributed by atoms with Crippen LogP contribution in [0.5, 0.6) is 11.5 Å². The molecule has 0 bridgehead atoms. The molecule has 0 spiro atoms. The number of ether oxygens (including phenoxy) is 2. The molecule has 0 aliphatic carbocycles. The molecule has 0 saturated carbocycles. The van der Waals surface area contributed by atoms with Gasteiger partial charge in [-0.1, -0.05) is 54.6 Å². The Morgan fingerprint density at radius 3 is 1.62 bits per heavy atom. The zero-order chi connectivity index (χ0) is 20.6. The van der Waals surface area contributed by atoms with Gasteiger partial charge in [-0.2, -0.15) is 0 Å². The largest absolute Gasteiger partial charge is 0.497 e. The Balaban J connectivity index is 2.21. The second-order valence-corrected chi connectivity index (χ2v) is 6.82. The first-order valence-corrected chi connectivity index (χ1v) is 9.89. The van der Waals surface area contributed by atoms with Gasteiger partial charge in [-0.3, -0.25) is 4.79 Å². The zero-order valence-corrected chi connectivity index (χ0v) is 17.3. The molecular weight excluding hydrogens is 384 g/mol. The summed E-state index contributed by atoms with van der Waals surface area (Å²) in [5.41, 5.74) is 4.05. The van der Waals surface area contributed by atoms with Gasteiger partial charge in [-0.25, -0.2) is 0 Å². The number of allylic oxidation sites excluding steroid dienone is 1. The first-order chi connectivity index (χ1) is 14.2. The second-order valence-electron chi connectivity index (χ2n) is 6.44. The maximum absolute atomic E-state index is 13.4. The van der Waals surface area contributed by atoms with Crippen molar-refractivity contribution in [1.82, 2.24) is 0 Å². The summed E-state index contributed by atoms with van der Waals surface area (Å²) in [6, 6.07) is 24.7. The normalized spacial score (nSPS) is 10.3. The van der Waals surface area contributed by atoms with Crippen molar-refractivity contribution >= 4 is 23.0 Å². The Bertz CT molecular complexity index is 925. The third-order valence-corrected chi connectivity index (χ3v) is 4.90. The summed E-state index contributed by atoms with van der Waals surface area (Å²) in [5, 5.41) is 0. The molecule has 0 unspecified atom stereocenters. The van der Waals surface area contributed by atoms with Crippen molar-refractivity contribution in [3.05, 3.63) is 101 Å². The standard InChI is InChI=1S/C25H23ClO3/c1-28-21-12-8-18(9-13-21)24(19-10-14-22(29-2)15-11-19)23(16-17-26)25(27)20-6-4-3-5-7-20/h3-15H,16-17H2,1-2H3. The molecule has 0 atom stereocenters. The lowest BCUT2D eigenvalue weighted by Gasteiger charge is -2.16. The van der Waals surface area contributed by atoms with Gasteiger partial charge in [0.2, 0.25) is 0 Å². The van der Waals surface area contributed by atoms with Gasteiger partial charge in [0.1, 0.15) is 11.5 Å². The summed E-state index contributed by atoms with van der Waals surface area (Å²) in [6.45, 7) is 0. The van der Waals surface area contributed by atoms with Crippen LogP contribution in [0.2, 0.25) is 0 Å². The molecule has 0 saturated heterocycles. The molecule has 0 aliphatic heterocycles. The molecule has 3 aromatic rings. The molecule has 148 valence electrons. The predicted molar refractivity (Wildman–Crippen MR) is 118 cm³/mol. The first-order valence-electron chi connectivity index (χ1n) is 9.35. The molecular formula is C25H23ClO3.